The molecule has 1 aliphatic rings. The number of piperidine rings is 1. The van der Waals surface area contributed by atoms with Crippen molar-refractivity contribution in [3.63, 3.8) is 0 Å². The Hall–Kier alpha value is -0.170. The maximum atomic E-state index is 11.6. The van der Waals surface area contributed by atoms with Crippen LogP contribution in [0.15, 0.2) is 0 Å². The predicted molar refractivity (Wildman–Crippen MR) is 65.4 cm³/mol. The van der Waals surface area contributed by atoms with Gasteiger partial charge in [-0.05, 0) is 45.2 Å². The van der Waals surface area contributed by atoms with Gasteiger partial charge in [-0.15, -0.1) is 0 Å². The standard InChI is InChI=1S/C10H23N3O2S/c1-9(2)13-16(14,15)12-8-10(3)4-6-11-7-5-10/h9,11-13H,4-8H2,1-3H3. The van der Waals surface area contributed by atoms with Crippen molar-refractivity contribution in [3.05, 3.63) is 0 Å². The molecule has 0 atom stereocenters. The quantitative estimate of drug-likeness (QED) is 0.652. The zero-order chi connectivity index (χ0) is 12.2. The van der Waals surface area contributed by atoms with Crippen LogP contribution in [0.4, 0.5) is 0 Å². The van der Waals surface area contributed by atoms with Crippen molar-refractivity contribution >= 4 is 10.2 Å². The van der Waals surface area contributed by atoms with E-state index >= 15 is 0 Å². The smallest absolute Gasteiger partial charge is 0.277 e. The molecule has 1 saturated heterocycles. The van der Waals surface area contributed by atoms with E-state index in [-0.39, 0.29) is 11.5 Å². The van der Waals surface area contributed by atoms with Gasteiger partial charge in [0, 0.05) is 12.6 Å². The van der Waals surface area contributed by atoms with E-state index in [9.17, 15) is 8.42 Å². The molecular formula is C10H23N3O2S. The fourth-order valence-electron chi connectivity index (χ4n) is 1.83. The molecule has 96 valence electrons. The average Bonchev–Trinajstić information content (AvgIpc) is 2.15. The Kier molecular flexibility index (Phi) is 4.73. The molecule has 0 amide bonds. The minimum atomic E-state index is -3.34. The molecule has 0 unspecified atom stereocenters. The lowest BCUT2D eigenvalue weighted by molar-refractivity contribution is 0.232. The number of hydrogen-bond acceptors (Lipinski definition) is 3. The maximum Gasteiger partial charge on any atom is 0.277 e. The zero-order valence-corrected chi connectivity index (χ0v) is 11.2. The molecule has 1 rings (SSSR count). The van der Waals surface area contributed by atoms with E-state index in [0.29, 0.717) is 6.54 Å². The molecule has 3 N–H and O–H groups in total. The topological polar surface area (TPSA) is 70.2 Å². The maximum absolute atomic E-state index is 11.6. The fraction of sp³-hybridized carbons (Fsp3) is 1.00. The molecule has 1 fully saturated rings. The highest BCUT2D eigenvalue weighted by Crippen LogP contribution is 2.26. The molecular weight excluding hydrogens is 226 g/mol. The Morgan fingerprint density at radius 1 is 1.31 bits per heavy atom. The van der Waals surface area contributed by atoms with Crippen LogP contribution in [0.1, 0.15) is 33.6 Å². The van der Waals surface area contributed by atoms with Crippen LogP contribution in [-0.4, -0.2) is 34.1 Å². The molecule has 0 saturated carbocycles. The molecule has 1 aliphatic heterocycles. The lowest BCUT2D eigenvalue weighted by atomic mass is 9.81. The summed E-state index contributed by atoms with van der Waals surface area (Å²) in [5.41, 5.74) is 0.0803. The summed E-state index contributed by atoms with van der Waals surface area (Å²) in [6.45, 7) is 8.20. The van der Waals surface area contributed by atoms with Gasteiger partial charge in [0.2, 0.25) is 0 Å². The van der Waals surface area contributed by atoms with Crippen molar-refractivity contribution in [2.45, 2.75) is 39.7 Å². The highest BCUT2D eigenvalue weighted by Gasteiger charge is 2.28. The molecule has 0 radical (unpaired) electrons. The van der Waals surface area contributed by atoms with Crippen LogP contribution < -0.4 is 14.8 Å². The Bertz CT molecular complexity index is 308. The van der Waals surface area contributed by atoms with E-state index in [1.807, 2.05) is 13.8 Å². The normalized spacial score (nSPS) is 21.2. The minimum absolute atomic E-state index is 0.0710. The largest absolute Gasteiger partial charge is 0.317 e. The first-order chi connectivity index (χ1) is 7.33. The summed E-state index contributed by atoms with van der Waals surface area (Å²) in [6.07, 6.45) is 2.02. The Labute approximate surface area is 98.6 Å². The van der Waals surface area contributed by atoms with Gasteiger partial charge in [0.15, 0.2) is 0 Å². The van der Waals surface area contributed by atoms with Gasteiger partial charge in [-0.25, -0.2) is 4.72 Å². The summed E-state index contributed by atoms with van der Waals surface area (Å²) in [7, 11) is -3.34. The highest BCUT2D eigenvalue weighted by molar-refractivity contribution is 7.87. The summed E-state index contributed by atoms with van der Waals surface area (Å²) >= 11 is 0. The fourth-order valence-corrected chi connectivity index (χ4v) is 3.07. The second kappa shape index (κ2) is 5.44. The summed E-state index contributed by atoms with van der Waals surface area (Å²) in [6, 6.07) is -0.0710. The first kappa shape index (κ1) is 13.9. The molecule has 5 nitrogen and oxygen atoms in total. The SMILES string of the molecule is CC(C)NS(=O)(=O)NCC1(C)CCNCC1. The summed E-state index contributed by atoms with van der Waals surface area (Å²) in [4.78, 5) is 0. The van der Waals surface area contributed by atoms with Gasteiger partial charge in [0.1, 0.15) is 0 Å². The molecule has 0 aromatic carbocycles. The average molecular weight is 249 g/mol. The second-order valence-corrected chi connectivity index (χ2v) is 6.69. The van der Waals surface area contributed by atoms with Gasteiger partial charge in [-0.3, -0.25) is 0 Å². The predicted octanol–water partition coefficient (Wildman–Crippen LogP) is 0.209. The van der Waals surface area contributed by atoms with Gasteiger partial charge in [0.25, 0.3) is 10.2 Å². The van der Waals surface area contributed by atoms with E-state index in [1.165, 1.54) is 0 Å². The Morgan fingerprint density at radius 3 is 2.38 bits per heavy atom. The number of nitrogens with one attached hydrogen (secondary N) is 3. The monoisotopic (exact) mass is 249 g/mol. The van der Waals surface area contributed by atoms with Crippen molar-refractivity contribution in [2.24, 2.45) is 5.41 Å². The third kappa shape index (κ3) is 4.78. The third-order valence-corrected chi connectivity index (χ3v) is 4.20. The molecule has 0 bridgehead atoms. The van der Waals surface area contributed by atoms with Gasteiger partial charge in [-0.2, -0.15) is 13.1 Å². The van der Waals surface area contributed by atoms with Crippen LogP contribution in [0.2, 0.25) is 0 Å². The highest BCUT2D eigenvalue weighted by atomic mass is 32.2. The van der Waals surface area contributed by atoms with Crippen LogP contribution >= 0.6 is 0 Å². The molecule has 6 heteroatoms. The summed E-state index contributed by atoms with van der Waals surface area (Å²) in [5.74, 6) is 0. The molecule has 0 aromatic heterocycles. The van der Waals surface area contributed by atoms with Gasteiger partial charge >= 0.3 is 0 Å². The third-order valence-electron chi connectivity index (χ3n) is 2.89. The molecule has 0 spiro atoms. The van der Waals surface area contributed by atoms with Gasteiger partial charge in [-0.1, -0.05) is 6.92 Å². The van der Waals surface area contributed by atoms with Gasteiger partial charge < -0.3 is 5.32 Å². The van der Waals surface area contributed by atoms with E-state index in [4.69, 9.17) is 0 Å². The van der Waals surface area contributed by atoms with E-state index < -0.39 is 10.2 Å². The molecule has 16 heavy (non-hydrogen) atoms. The number of hydrogen-bond donors (Lipinski definition) is 3. The Balaban J connectivity index is 2.43. The van der Waals surface area contributed by atoms with Crippen molar-refractivity contribution in [1.82, 2.24) is 14.8 Å². The second-order valence-electron chi connectivity index (χ2n) is 5.16. The van der Waals surface area contributed by atoms with Crippen LogP contribution in [0.25, 0.3) is 0 Å². The first-order valence-corrected chi connectivity index (χ1v) is 7.29. The summed E-state index contributed by atoms with van der Waals surface area (Å²) in [5, 5.41) is 3.28. The van der Waals surface area contributed by atoms with Crippen LogP contribution in [0.5, 0.6) is 0 Å². The van der Waals surface area contributed by atoms with Crippen molar-refractivity contribution in [3.8, 4) is 0 Å². The zero-order valence-electron chi connectivity index (χ0n) is 10.3. The van der Waals surface area contributed by atoms with Crippen molar-refractivity contribution in [1.29, 1.82) is 0 Å². The van der Waals surface area contributed by atoms with Crippen LogP contribution in [-0.2, 0) is 10.2 Å². The summed E-state index contributed by atoms with van der Waals surface area (Å²) < 4.78 is 28.3. The van der Waals surface area contributed by atoms with E-state index in [2.05, 4.69) is 21.7 Å². The van der Waals surface area contributed by atoms with Crippen molar-refractivity contribution < 1.29 is 8.42 Å². The minimum Gasteiger partial charge on any atom is -0.317 e. The van der Waals surface area contributed by atoms with E-state index in [0.717, 1.165) is 25.9 Å². The lowest BCUT2D eigenvalue weighted by Gasteiger charge is -2.34. The van der Waals surface area contributed by atoms with E-state index in [1.54, 1.807) is 0 Å². The van der Waals surface area contributed by atoms with Crippen LogP contribution in [0.3, 0.4) is 0 Å². The molecule has 0 aliphatic carbocycles. The first-order valence-electron chi connectivity index (χ1n) is 5.81. The molecule has 0 aromatic rings. The Morgan fingerprint density at radius 2 is 1.88 bits per heavy atom. The lowest BCUT2D eigenvalue weighted by Crippen LogP contribution is -2.47. The number of rotatable bonds is 5. The molecule has 1 heterocycles. The van der Waals surface area contributed by atoms with Crippen molar-refractivity contribution in [2.75, 3.05) is 19.6 Å². The van der Waals surface area contributed by atoms with Crippen LogP contribution in [0, 0.1) is 5.41 Å². The van der Waals surface area contributed by atoms with Gasteiger partial charge in [0.05, 0.1) is 0 Å².